The predicted molar refractivity (Wildman–Crippen MR) is 66.9 cm³/mol. The fourth-order valence-corrected chi connectivity index (χ4v) is 3.17. The fourth-order valence-electron chi connectivity index (χ4n) is 3.17. The van der Waals surface area contributed by atoms with Crippen molar-refractivity contribution >= 4 is 0 Å². The molecule has 15 heavy (non-hydrogen) atoms. The second-order valence-electron chi connectivity index (χ2n) is 4.98. The molecule has 1 aliphatic carbocycles. The number of rotatable bonds is 6. The quantitative estimate of drug-likeness (QED) is 0.733. The Balaban J connectivity index is 2.55. The highest BCUT2D eigenvalue weighted by Gasteiger charge is 2.29. The average molecular weight is 212 g/mol. The molecule has 2 heteroatoms. The number of nitrogens with two attached hydrogens (primary N) is 1. The average Bonchev–Trinajstić information content (AvgIpc) is 2.74. The summed E-state index contributed by atoms with van der Waals surface area (Å²) in [5.41, 5.74) is 5.96. The summed E-state index contributed by atoms with van der Waals surface area (Å²) < 4.78 is 0. The van der Waals surface area contributed by atoms with Gasteiger partial charge in [0.25, 0.3) is 0 Å². The van der Waals surface area contributed by atoms with Gasteiger partial charge in [0.1, 0.15) is 0 Å². The normalized spacial score (nSPS) is 20.4. The Bertz CT molecular complexity index is 160. The van der Waals surface area contributed by atoms with Crippen LogP contribution in [0.25, 0.3) is 0 Å². The van der Waals surface area contributed by atoms with Crippen LogP contribution < -0.4 is 5.73 Å². The van der Waals surface area contributed by atoms with Gasteiger partial charge in [0, 0.05) is 18.6 Å². The van der Waals surface area contributed by atoms with Crippen molar-refractivity contribution < 1.29 is 0 Å². The van der Waals surface area contributed by atoms with Gasteiger partial charge in [0.05, 0.1) is 0 Å². The summed E-state index contributed by atoms with van der Waals surface area (Å²) in [5.74, 6) is 0.862. The molecule has 1 unspecified atom stereocenters. The molecular formula is C13H28N2. The highest BCUT2D eigenvalue weighted by atomic mass is 15.2. The van der Waals surface area contributed by atoms with Gasteiger partial charge in [-0.3, -0.25) is 4.90 Å². The van der Waals surface area contributed by atoms with Crippen LogP contribution in [-0.4, -0.2) is 30.6 Å². The van der Waals surface area contributed by atoms with E-state index in [1.54, 1.807) is 0 Å². The second-order valence-corrected chi connectivity index (χ2v) is 4.98. The van der Waals surface area contributed by atoms with E-state index >= 15 is 0 Å². The van der Waals surface area contributed by atoms with Gasteiger partial charge in [0.2, 0.25) is 0 Å². The van der Waals surface area contributed by atoms with Crippen molar-refractivity contribution in [1.29, 1.82) is 0 Å². The molecule has 0 aliphatic heterocycles. The van der Waals surface area contributed by atoms with Crippen LogP contribution >= 0.6 is 0 Å². The molecule has 1 aliphatic rings. The van der Waals surface area contributed by atoms with E-state index in [9.17, 15) is 0 Å². The van der Waals surface area contributed by atoms with Crippen LogP contribution in [0.15, 0.2) is 0 Å². The summed E-state index contributed by atoms with van der Waals surface area (Å²) >= 11 is 0. The van der Waals surface area contributed by atoms with Crippen molar-refractivity contribution in [2.24, 2.45) is 11.7 Å². The highest BCUT2D eigenvalue weighted by Crippen LogP contribution is 2.30. The molecule has 0 bridgehead atoms. The predicted octanol–water partition coefficient (Wildman–Crippen LogP) is 2.62. The minimum Gasteiger partial charge on any atom is -0.329 e. The topological polar surface area (TPSA) is 29.3 Å². The zero-order chi connectivity index (χ0) is 11.3. The van der Waals surface area contributed by atoms with E-state index in [2.05, 4.69) is 25.8 Å². The number of hydrogen-bond acceptors (Lipinski definition) is 2. The lowest BCUT2D eigenvalue weighted by atomic mass is 9.95. The van der Waals surface area contributed by atoms with Crippen LogP contribution in [0.2, 0.25) is 0 Å². The molecule has 1 fully saturated rings. The molecule has 0 amide bonds. The second kappa shape index (κ2) is 6.49. The van der Waals surface area contributed by atoms with E-state index in [0.717, 1.165) is 18.5 Å². The first-order valence-electron chi connectivity index (χ1n) is 6.66. The van der Waals surface area contributed by atoms with Crippen molar-refractivity contribution in [2.75, 3.05) is 13.6 Å². The third kappa shape index (κ3) is 3.18. The van der Waals surface area contributed by atoms with Gasteiger partial charge in [-0.1, -0.05) is 26.7 Å². The molecule has 0 heterocycles. The third-order valence-corrected chi connectivity index (χ3v) is 4.23. The molecule has 0 radical (unpaired) electrons. The van der Waals surface area contributed by atoms with E-state index in [-0.39, 0.29) is 0 Å². The standard InChI is InChI=1S/C13H28N2/c1-4-12(5-2)15(3)13(10-14)11-8-6-7-9-11/h11-13H,4-10,14H2,1-3H3. The molecule has 0 aromatic rings. The Kier molecular flexibility index (Phi) is 5.62. The Morgan fingerprint density at radius 3 is 2.13 bits per heavy atom. The Hall–Kier alpha value is -0.0800. The molecule has 0 aromatic heterocycles. The largest absolute Gasteiger partial charge is 0.329 e. The number of hydrogen-bond donors (Lipinski definition) is 1. The van der Waals surface area contributed by atoms with Gasteiger partial charge >= 0.3 is 0 Å². The lowest BCUT2D eigenvalue weighted by Crippen LogP contribution is -2.47. The summed E-state index contributed by atoms with van der Waals surface area (Å²) in [4.78, 5) is 2.55. The van der Waals surface area contributed by atoms with Crippen LogP contribution in [0.4, 0.5) is 0 Å². The maximum atomic E-state index is 5.96. The first-order chi connectivity index (χ1) is 7.24. The molecule has 1 saturated carbocycles. The van der Waals surface area contributed by atoms with Gasteiger partial charge in [-0.25, -0.2) is 0 Å². The lowest BCUT2D eigenvalue weighted by Gasteiger charge is -2.37. The molecular weight excluding hydrogens is 184 g/mol. The van der Waals surface area contributed by atoms with Crippen molar-refractivity contribution in [1.82, 2.24) is 4.90 Å². The Labute approximate surface area is 95.2 Å². The summed E-state index contributed by atoms with van der Waals surface area (Å²) in [7, 11) is 2.27. The van der Waals surface area contributed by atoms with Crippen LogP contribution in [-0.2, 0) is 0 Å². The van der Waals surface area contributed by atoms with Gasteiger partial charge in [0.15, 0.2) is 0 Å². The van der Waals surface area contributed by atoms with E-state index in [1.165, 1.54) is 38.5 Å². The maximum absolute atomic E-state index is 5.96. The van der Waals surface area contributed by atoms with Crippen LogP contribution in [0.1, 0.15) is 52.4 Å². The van der Waals surface area contributed by atoms with E-state index in [0.29, 0.717) is 6.04 Å². The maximum Gasteiger partial charge on any atom is 0.0246 e. The SMILES string of the molecule is CCC(CC)N(C)C(CN)C1CCCC1. The van der Waals surface area contributed by atoms with Crippen molar-refractivity contribution in [2.45, 2.75) is 64.5 Å². The first kappa shape index (κ1) is 13.0. The zero-order valence-corrected chi connectivity index (χ0v) is 10.7. The third-order valence-electron chi connectivity index (χ3n) is 4.23. The van der Waals surface area contributed by atoms with Crippen LogP contribution in [0.5, 0.6) is 0 Å². The minimum absolute atomic E-state index is 0.623. The monoisotopic (exact) mass is 212 g/mol. The zero-order valence-electron chi connectivity index (χ0n) is 10.7. The Morgan fingerprint density at radius 2 is 1.73 bits per heavy atom. The summed E-state index contributed by atoms with van der Waals surface area (Å²) in [5, 5.41) is 0. The molecule has 0 saturated heterocycles. The Morgan fingerprint density at radius 1 is 1.20 bits per heavy atom. The summed E-state index contributed by atoms with van der Waals surface area (Å²) in [6.45, 7) is 5.40. The molecule has 1 atom stereocenters. The molecule has 2 nitrogen and oxygen atoms in total. The molecule has 0 spiro atoms. The summed E-state index contributed by atoms with van der Waals surface area (Å²) in [6, 6.07) is 1.34. The van der Waals surface area contributed by atoms with Gasteiger partial charge < -0.3 is 5.73 Å². The van der Waals surface area contributed by atoms with Gasteiger partial charge in [-0.05, 0) is 38.6 Å². The van der Waals surface area contributed by atoms with E-state index < -0.39 is 0 Å². The molecule has 2 N–H and O–H groups in total. The van der Waals surface area contributed by atoms with E-state index in [4.69, 9.17) is 5.73 Å². The van der Waals surface area contributed by atoms with Crippen LogP contribution in [0, 0.1) is 5.92 Å². The minimum atomic E-state index is 0.623. The molecule has 90 valence electrons. The fraction of sp³-hybridized carbons (Fsp3) is 1.00. The van der Waals surface area contributed by atoms with Gasteiger partial charge in [-0.2, -0.15) is 0 Å². The molecule has 1 rings (SSSR count). The lowest BCUT2D eigenvalue weighted by molar-refractivity contribution is 0.122. The highest BCUT2D eigenvalue weighted by molar-refractivity contribution is 4.84. The van der Waals surface area contributed by atoms with Crippen molar-refractivity contribution in [3.63, 3.8) is 0 Å². The number of nitrogens with zero attached hydrogens (tertiary/aromatic N) is 1. The van der Waals surface area contributed by atoms with E-state index in [1.807, 2.05) is 0 Å². The van der Waals surface area contributed by atoms with Crippen molar-refractivity contribution in [3.05, 3.63) is 0 Å². The number of likely N-dealkylation sites (N-methyl/N-ethyl adjacent to an activating group) is 1. The smallest absolute Gasteiger partial charge is 0.0246 e. The van der Waals surface area contributed by atoms with Crippen LogP contribution in [0.3, 0.4) is 0 Å². The van der Waals surface area contributed by atoms with Crippen molar-refractivity contribution in [3.8, 4) is 0 Å². The molecule has 0 aromatic carbocycles. The summed E-state index contributed by atoms with van der Waals surface area (Å²) in [6.07, 6.45) is 8.11. The first-order valence-corrected chi connectivity index (χ1v) is 6.66. The van der Waals surface area contributed by atoms with Gasteiger partial charge in [-0.15, -0.1) is 0 Å².